The molecule has 21 heavy (non-hydrogen) atoms. The molecule has 0 aliphatic heterocycles. The Morgan fingerprint density at radius 3 is 2.67 bits per heavy atom. The van der Waals surface area contributed by atoms with Crippen molar-refractivity contribution in [3.05, 3.63) is 48.6 Å². The van der Waals surface area contributed by atoms with E-state index in [1.807, 2.05) is 6.07 Å². The number of carbonyl (C=O) groups excluding carboxylic acids is 2. The third-order valence-electron chi connectivity index (χ3n) is 3.02. The molecule has 0 radical (unpaired) electrons. The van der Waals surface area contributed by atoms with Gasteiger partial charge >= 0.3 is 5.97 Å². The van der Waals surface area contributed by atoms with Crippen LogP contribution < -0.4 is 4.74 Å². The highest BCUT2D eigenvalue weighted by atomic mass is 16.5. The van der Waals surface area contributed by atoms with Crippen molar-refractivity contribution >= 4 is 17.8 Å². The van der Waals surface area contributed by atoms with Crippen molar-refractivity contribution in [2.45, 2.75) is 39.0 Å². The minimum atomic E-state index is -0.512. The summed E-state index contributed by atoms with van der Waals surface area (Å²) in [6, 6.07) is 7.09. The summed E-state index contributed by atoms with van der Waals surface area (Å²) >= 11 is 0. The average Bonchev–Trinajstić information content (AvgIpc) is 2.50. The molecule has 0 unspecified atom stereocenters. The van der Waals surface area contributed by atoms with Gasteiger partial charge in [-0.25, -0.2) is 4.79 Å². The lowest BCUT2D eigenvalue weighted by Gasteiger charge is -2.04. The Labute approximate surface area is 126 Å². The van der Waals surface area contributed by atoms with E-state index >= 15 is 0 Å². The van der Waals surface area contributed by atoms with Crippen molar-refractivity contribution in [2.24, 2.45) is 0 Å². The maximum atomic E-state index is 11.8. The number of hydrogen-bond acceptors (Lipinski definition) is 3. The van der Waals surface area contributed by atoms with Gasteiger partial charge in [-0.3, -0.25) is 4.79 Å². The van der Waals surface area contributed by atoms with Gasteiger partial charge in [0.1, 0.15) is 5.75 Å². The summed E-state index contributed by atoms with van der Waals surface area (Å²) in [6.45, 7) is 5.50. The summed E-state index contributed by atoms with van der Waals surface area (Å²) in [5.74, 6) is 0.00938. The molecule has 0 aliphatic carbocycles. The zero-order chi connectivity index (χ0) is 15.5. The van der Waals surface area contributed by atoms with E-state index in [4.69, 9.17) is 4.74 Å². The van der Waals surface area contributed by atoms with Gasteiger partial charge in [0.05, 0.1) is 0 Å². The molecule has 1 aromatic rings. The van der Waals surface area contributed by atoms with Gasteiger partial charge in [-0.1, -0.05) is 51.0 Å². The zero-order valence-corrected chi connectivity index (χ0v) is 12.5. The minimum Gasteiger partial charge on any atom is -0.423 e. The molecular weight excluding hydrogens is 264 g/mol. The molecule has 0 spiro atoms. The normalized spacial score (nSPS) is 10.5. The Morgan fingerprint density at radius 1 is 1.19 bits per heavy atom. The van der Waals surface area contributed by atoms with Crippen LogP contribution in [0, 0.1) is 0 Å². The van der Waals surface area contributed by atoms with Crippen LogP contribution in [-0.4, -0.2) is 11.8 Å². The van der Waals surface area contributed by atoms with Gasteiger partial charge in [-0.15, -0.1) is 0 Å². The number of rotatable bonds is 9. The Hall–Kier alpha value is -2.16. The number of carbonyl (C=O) groups is 2. The molecule has 0 amide bonds. The molecule has 3 heteroatoms. The van der Waals surface area contributed by atoms with Crippen molar-refractivity contribution < 1.29 is 14.3 Å². The van der Waals surface area contributed by atoms with E-state index < -0.39 is 5.97 Å². The number of allylic oxidation sites excluding steroid dienone is 1. The van der Waals surface area contributed by atoms with Crippen LogP contribution in [0.5, 0.6) is 5.75 Å². The van der Waals surface area contributed by atoms with Crippen LogP contribution in [0.1, 0.15) is 44.6 Å². The zero-order valence-electron chi connectivity index (χ0n) is 12.5. The smallest absolute Gasteiger partial charge is 0.335 e. The molecule has 1 aromatic carbocycles. The number of esters is 1. The van der Waals surface area contributed by atoms with Gasteiger partial charge in [-0.2, -0.15) is 0 Å². The standard InChI is InChI=1S/C18H22O3/c1-3-5-6-7-11-16(19)14-13-15-10-8-9-12-17(15)21-18(20)4-2/h4,8-10,12-14H,2-3,5-7,11H2,1H3/b14-13+. The first-order valence-electron chi connectivity index (χ1n) is 7.31. The molecule has 0 saturated carbocycles. The second-order valence-corrected chi connectivity index (χ2v) is 4.77. The molecule has 0 fully saturated rings. The summed E-state index contributed by atoms with van der Waals surface area (Å²) in [7, 11) is 0. The monoisotopic (exact) mass is 286 g/mol. The van der Waals surface area contributed by atoms with Crippen LogP contribution in [0.2, 0.25) is 0 Å². The molecule has 112 valence electrons. The van der Waals surface area contributed by atoms with Crippen molar-refractivity contribution in [1.82, 2.24) is 0 Å². The summed E-state index contributed by atoms with van der Waals surface area (Å²) in [5, 5.41) is 0. The maximum absolute atomic E-state index is 11.8. The number of ether oxygens (including phenoxy) is 1. The minimum absolute atomic E-state index is 0.0935. The second kappa shape index (κ2) is 9.70. The molecule has 0 bridgehead atoms. The first-order valence-corrected chi connectivity index (χ1v) is 7.31. The third kappa shape index (κ3) is 6.70. The molecule has 0 saturated heterocycles. The van der Waals surface area contributed by atoms with Crippen LogP contribution in [0.25, 0.3) is 6.08 Å². The van der Waals surface area contributed by atoms with Crippen LogP contribution in [0.15, 0.2) is 43.0 Å². The molecule has 0 heterocycles. The molecule has 1 rings (SSSR count). The predicted octanol–water partition coefficient (Wildman–Crippen LogP) is 4.33. The van der Waals surface area contributed by atoms with Crippen LogP contribution in [0.4, 0.5) is 0 Å². The van der Waals surface area contributed by atoms with Gasteiger partial charge < -0.3 is 4.74 Å². The van der Waals surface area contributed by atoms with Gasteiger partial charge in [0, 0.05) is 18.1 Å². The highest BCUT2D eigenvalue weighted by Gasteiger charge is 2.04. The maximum Gasteiger partial charge on any atom is 0.335 e. The number of para-hydroxylation sites is 1. The van der Waals surface area contributed by atoms with Crippen LogP contribution >= 0.6 is 0 Å². The summed E-state index contributed by atoms with van der Waals surface area (Å²) in [5.41, 5.74) is 0.703. The van der Waals surface area contributed by atoms with Gasteiger partial charge in [-0.05, 0) is 24.6 Å². The van der Waals surface area contributed by atoms with Gasteiger partial charge in [0.2, 0.25) is 0 Å². The number of benzene rings is 1. The van der Waals surface area contributed by atoms with Crippen molar-refractivity contribution in [3.63, 3.8) is 0 Å². The highest BCUT2D eigenvalue weighted by molar-refractivity contribution is 5.94. The first kappa shape index (κ1) is 16.9. The van der Waals surface area contributed by atoms with Crippen LogP contribution in [-0.2, 0) is 9.59 Å². The van der Waals surface area contributed by atoms with Gasteiger partial charge in [0.25, 0.3) is 0 Å². The van der Waals surface area contributed by atoms with E-state index in [0.29, 0.717) is 17.7 Å². The van der Waals surface area contributed by atoms with Crippen LogP contribution in [0.3, 0.4) is 0 Å². The fourth-order valence-corrected chi connectivity index (χ4v) is 1.85. The average molecular weight is 286 g/mol. The topological polar surface area (TPSA) is 43.4 Å². The summed E-state index contributed by atoms with van der Waals surface area (Å²) in [6.07, 6.45) is 9.24. The first-order chi connectivity index (χ1) is 10.2. The van der Waals surface area contributed by atoms with Crippen molar-refractivity contribution in [1.29, 1.82) is 0 Å². The fourth-order valence-electron chi connectivity index (χ4n) is 1.85. The molecule has 0 aliphatic rings. The quantitative estimate of drug-likeness (QED) is 0.294. The Bertz CT molecular complexity index is 515. The number of ketones is 1. The third-order valence-corrected chi connectivity index (χ3v) is 3.02. The largest absolute Gasteiger partial charge is 0.423 e. The Balaban J connectivity index is 2.60. The lowest BCUT2D eigenvalue weighted by Crippen LogP contribution is -2.04. The predicted molar refractivity (Wildman–Crippen MR) is 85.1 cm³/mol. The summed E-state index contributed by atoms with van der Waals surface area (Å²) in [4.78, 5) is 23.0. The van der Waals surface area contributed by atoms with E-state index in [0.717, 1.165) is 31.8 Å². The molecule has 0 atom stereocenters. The molecule has 0 N–H and O–H groups in total. The van der Waals surface area contributed by atoms with E-state index in [1.165, 1.54) is 0 Å². The highest BCUT2D eigenvalue weighted by Crippen LogP contribution is 2.20. The number of unbranched alkanes of at least 4 members (excludes halogenated alkanes) is 3. The SMILES string of the molecule is C=CC(=O)Oc1ccccc1/C=C/C(=O)CCCCCC. The molecule has 0 aromatic heterocycles. The Morgan fingerprint density at radius 2 is 1.95 bits per heavy atom. The van der Waals surface area contributed by atoms with Crippen molar-refractivity contribution in [2.75, 3.05) is 0 Å². The second-order valence-electron chi connectivity index (χ2n) is 4.77. The summed E-state index contributed by atoms with van der Waals surface area (Å²) < 4.78 is 5.12. The number of hydrogen-bond donors (Lipinski definition) is 0. The fraction of sp³-hybridized carbons (Fsp3) is 0.333. The van der Waals surface area contributed by atoms with E-state index in [2.05, 4.69) is 13.5 Å². The molecule has 3 nitrogen and oxygen atoms in total. The van der Waals surface area contributed by atoms with E-state index in [9.17, 15) is 9.59 Å². The van der Waals surface area contributed by atoms with E-state index in [-0.39, 0.29) is 5.78 Å². The lowest BCUT2D eigenvalue weighted by atomic mass is 10.1. The van der Waals surface area contributed by atoms with E-state index in [1.54, 1.807) is 30.4 Å². The lowest BCUT2D eigenvalue weighted by molar-refractivity contribution is -0.129. The van der Waals surface area contributed by atoms with Gasteiger partial charge in [0.15, 0.2) is 5.78 Å². The van der Waals surface area contributed by atoms with Crippen molar-refractivity contribution in [3.8, 4) is 5.75 Å². The molecular formula is C18H22O3. The Kier molecular flexibility index (Phi) is 7.80.